The summed E-state index contributed by atoms with van der Waals surface area (Å²) >= 11 is 0. The Morgan fingerprint density at radius 3 is 2.94 bits per heavy atom. The van der Waals surface area contributed by atoms with Crippen LogP contribution in [0.5, 0.6) is 0 Å². The Morgan fingerprint density at radius 2 is 2.31 bits per heavy atom. The van der Waals surface area contributed by atoms with Crippen LogP contribution in [-0.2, 0) is 9.59 Å². The Bertz CT molecular complexity index is 291. The van der Waals surface area contributed by atoms with E-state index in [1.807, 2.05) is 7.05 Å². The van der Waals surface area contributed by atoms with E-state index in [-0.39, 0.29) is 17.9 Å². The highest BCUT2D eigenvalue weighted by molar-refractivity contribution is 6.05. The number of nitrogens with zero attached hydrogens (tertiary/aromatic N) is 1. The molecule has 2 atom stereocenters. The van der Waals surface area contributed by atoms with Gasteiger partial charge in [-0.1, -0.05) is 0 Å². The second-order valence-corrected chi connectivity index (χ2v) is 4.69. The van der Waals surface area contributed by atoms with Gasteiger partial charge in [0.05, 0.1) is 12.5 Å². The first kappa shape index (κ1) is 11.5. The van der Waals surface area contributed by atoms with Crippen molar-refractivity contribution in [2.75, 3.05) is 26.7 Å². The van der Waals surface area contributed by atoms with E-state index in [1.165, 1.54) is 6.42 Å². The van der Waals surface area contributed by atoms with Crippen molar-refractivity contribution >= 4 is 11.8 Å². The van der Waals surface area contributed by atoms with E-state index in [0.717, 1.165) is 26.1 Å². The number of hydrogen-bond donors (Lipinski definition) is 2. The van der Waals surface area contributed by atoms with Gasteiger partial charge in [-0.25, -0.2) is 0 Å². The van der Waals surface area contributed by atoms with E-state index in [4.69, 9.17) is 0 Å². The lowest BCUT2D eigenvalue weighted by Crippen LogP contribution is -2.47. The molecule has 0 aromatic carbocycles. The lowest BCUT2D eigenvalue weighted by atomic mass is 9.96. The SMILES string of the molecule is CNCC1CCCN(C2CC(=O)NC2=O)C1. The molecule has 2 aliphatic heterocycles. The average Bonchev–Trinajstić information content (AvgIpc) is 2.59. The molecule has 2 unspecified atom stereocenters. The summed E-state index contributed by atoms with van der Waals surface area (Å²) in [5.41, 5.74) is 0. The largest absolute Gasteiger partial charge is 0.319 e. The van der Waals surface area contributed by atoms with Gasteiger partial charge in [0.2, 0.25) is 11.8 Å². The predicted octanol–water partition coefficient (Wildman–Crippen LogP) is -0.667. The van der Waals surface area contributed by atoms with Crippen molar-refractivity contribution in [2.24, 2.45) is 5.92 Å². The molecule has 90 valence electrons. The van der Waals surface area contributed by atoms with Gasteiger partial charge in [-0.2, -0.15) is 0 Å². The van der Waals surface area contributed by atoms with Gasteiger partial charge in [-0.15, -0.1) is 0 Å². The predicted molar refractivity (Wildman–Crippen MR) is 59.8 cm³/mol. The molecule has 2 saturated heterocycles. The molecular formula is C11H19N3O2. The van der Waals surface area contributed by atoms with Gasteiger partial charge in [-0.3, -0.25) is 19.8 Å². The van der Waals surface area contributed by atoms with Gasteiger partial charge >= 0.3 is 0 Å². The molecule has 0 bridgehead atoms. The van der Waals surface area contributed by atoms with Crippen LogP contribution in [0.4, 0.5) is 0 Å². The van der Waals surface area contributed by atoms with Gasteiger partial charge in [0, 0.05) is 6.54 Å². The normalized spacial score (nSPS) is 31.8. The van der Waals surface area contributed by atoms with Crippen molar-refractivity contribution in [2.45, 2.75) is 25.3 Å². The fraction of sp³-hybridized carbons (Fsp3) is 0.818. The minimum absolute atomic E-state index is 0.116. The van der Waals surface area contributed by atoms with Crippen molar-refractivity contribution in [1.29, 1.82) is 0 Å². The highest BCUT2D eigenvalue weighted by Gasteiger charge is 2.37. The summed E-state index contributed by atoms with van der Waals surface area (Å²) in [6.45, 7) is 2.84. The highest BCUT2D eigenvalue weighted by Crippen LogP contribution is 2.21. The Labute approximate surface area is 95.6 Å². The number of imide groups is 1. The number of carbonyl (C=O) groups is 2. The molecule has 0 aromatic heterocycles. The van der Waals surface area contributed by atoms with E-state index in [0.29, 0.717) is 12.3 Å². The Balaban J connectivity index is 1.93. The van der Waals surface area contributed by atoms with E-state index in [2.05, 4.69) is 15.5 Å². The van der Waals surface area contributed by atoms with Gasteiger partial charge in [0.15, 0.2) is 0 Å². The minimum Gasteiger partial charge on any atom is -0.319 e. The molecule has 2 aliphatic rings. The molecule has 16 heavy (non-hydrogen) atoms. The maximum Gasteiger partial charge on any atom is 0.244 e. The van der Waals surface area contributed by atoms with Crippen molar-refractivity contribution in [3.05, 3.63) is 0 Å². The first-order valence-electron chi connectivity index (χ1n) is 5.93. The maximum atomic E-state index is 11.6. The van der Waals surface area contributed by atoms with E-state index < -0.39 is 0 Å². The van der Waals surface area contributed by atoms with Crippen LogP contribution in [0.15, 0.2) is 0 Å². The molecular weight excluding hydrogens is 206 g/mol. The van der Waals surface area contributed by atoms with Gasteiger partial charge in [0.25, 0.3) is 0 Å². The Morgan fingerprint density at radius 1 is 1.50 bits per heavy atom. The zero-order chi connectivity index (χ0) is 11.5. The quantitative estimate of drug-likeness (QED) is 0.626. The molecule has 0 radical (unpaired) electrons. The van der Waals surface area contributed by atoms with Crippen molar-refractivity contribution < 1.29 is 9.59 Å². The molecule has 0 saturated carbocycles. The summed E-state index contributed by atoms with van der Waals surface area (Å²) in [5.74, 6) is 0.350. The van der Waals surface area contributed by atoms with Crippen molar-refractivity contribution in [3.63, 3.8) is 0 Å². The Kier molecular flexibility index (Phi) is 3.56. The molecule has 0 aliphatic carbocycles. The van der Waals surface area contributed by atoms with Crippen LogP contribution in [0.2, 0.25) is 0 Å². The lowest BCUT2D eigenvalue weighted by Gasteiger charge is -2.35. The van der Waals surface area contributed by atoms with Crippen LogP contribution in [0.25, 0.3) is 0 Å². The zero-order valence-corrected chi connectivity index (χ0v) is 9.66. The number of nitrogens with one attached hydrogen (secondary N) is 2. The first-order chi connectivity index (χ1) is 7.70. The summed E-state index contributed by atoms with van der Waals surface area (Å²) in [6.07, 6.45) is 2.66. The number of carbonyl (C=O) groups excluding carboxylic acids is 2. The van der Waals surface area contributed by atoms with Crippen LogP contribution in [0.3, 0.4) is 0 Å². The minimum atomic E-state index is -0.216. The van der Waals surface area contributed by atoms with Crippen LogP contribution >= 0.6 is 0 Å². The van der Waals surface area contributed by atoms with Crippen LogP contribution in [0.1, 0.15) is 19.3 Å². The topological polar surface area (TPSA) is 61.4 Å². The lowest BCUT2D eigenvalue weighted by molar-refractivity contribution is -0.126. The summed E-state index contributed by atoms with van der Waals surface area (Å²) in [6, 6.07) is -0.216. The van der Waals surface area contributed by atoms with E-state index >= 15 is 0 Å². The third-order valence-electron chi connectivity index (χ3n) is 3.43. The van der Waals surface area contributed by atoms with E-state index in [9.17, 15) is 9.59 Å². The summed E-state index contributed by atoms with van der Waals surface area (Å²) in [5, 5.41) is 5.55. The fourth-order valence-corrected chi connectivity index (χ4v) is 2.67. The number of piperidine rings is 1. The third-order valence-corrected chi connectivity index (χ3v) is 3.43. The smallest absolute Gasteiger partial charge is 0.244 e. The summed E-state index contributed by atoms with van der Waals surface area (Å²) in [4.78, 5) is 24.9. The third kappa shape index (κ3) is 2.41. The van der Waals surface area contributed by atoms with Crippen LogP contribution in [0, 0.1) is 5.92 Å². The molecule has 0 spiro atoms. The number of likely N-dealkylation sites (tertiary alicyclic amines) is 1. The first-order valence-corrected chi connectivity index (χ1v) is 5.93. The number of rotatable bonds is 3. The maximum absolute atomic E-state index is 11.6. The second-order valence-electron chi connectivity index (χ2n) is 4.69. The molecule has 2 rings (SSSR count). The van der Waals surface area contributed by atoms with Crippen LogP contribution < -0.4 is 10.6 Å². The average molecular weight is 225 g/mol. The van der Waals surface area contributed by atoms with Crippen molar-refractivity contribution in [3.8, 4) is 0 Å². The molecule has 5 heteroatoms. The van der Waals surface area contributed by atoms with Gasteiger partial charge < -0.3 is 5.32 Å². The molecule has 2 fully saturated rings. The zero-order valence-electron chi connectivity index (χ0n) is 9.66. The highest BCUT2D eigenvalue weighted by atomic mass is 16.2. The second kappa shape index (κ2) is 4.93. The fourth-order valence-electron chi connectivity index (χ4n) is 2.67. The molecule has 0 aromatic rings. The monoisotopic (exact) mass is 225 g/mol. The molecule has 2 amide bonds. The van der Waals surface area contributed by atoms with Crippen LogP contribution in [-0.4, -0.2) is 49.4 Å². The summed E-state index contributed by atoms with van der Waals surface area (Å²) < 4.78 is 0. The standard InChI is InChI=1S/C11H19N3O2/c1-12-6-8-3-2-4-14(7-8)9-5-10(15)13-11(9)16/h8-9,12H,2-7H2,1H3,(H,13,15,16). The molecule has 2 heterocycles. The van der Waals surface area contributed by atoms with Gasteiger partial charge in [-0.05, 0) is 38.9 Å². The van der Waals surface area contributed by atoms with Crippen molar-refractivity contribution in [1.82, 2.24) is 15.5 Å². The molecule has 2 N–H and O–H groups in total. The Hall–Kier alpha value is -0.940. The number of amides is 2. The number of hydrogen-bond acceptors (Lipinski definition) is 4. The summed E-state index contributed by atoms with van der Waals surface area (Å²) in [7, 11) is 1.95. The van der Waals surface area contributed by atoms with Gasteiger partial charge in [0.1, 0.15) is 0 Å². The van der Waals surface area contributed by atoms with E-state index in [1.54, 1.807) is 0 Å². The molecule has 5 nitrogen and oxygen atoms in total.